The van der Waals surface area contributed by atoms with E-state index in [9.17, 15) is 4.79 Å². The lowest BCUT2D eigenvalue weighted by molar-refractivity contribution is -0.141. The van der Waals surface area contributed by atoms with Gasteiger partial charge in [-0.3, -0.25) is 4.79 Å². The number of methoxy groups -OCH3 is 1. The SMILES string of the molecule is CCOc1ccc(CC(C)C(=O)O)cc1OC. The highest BCUT2D eigenvalue weighted by atomic mass is 16.5. The summed E-state index contributed by atoms with van der Waals surface area (Å²) < 4.78 is 10.6. The molecule has 4 nitrogen and oxygen atoms in total. The zero-order valence-electron chi connectivity index (χ0n) is 10.4. The summed E-state index contributed by atoms with van der Waals surface area (Å²) in [5, 5.41) is 8.85. The lowest BCUT2D eigenvalue weighted by atomic mass is 10.0. The van der Waals surface area contributed by atoms with Crippen molar-refractivity contribution >= 4 is 5.97 Å². The maximum Gasteiger partial charge on any atom is 0.306 e. The molecular formula is C13H18O4. The molecule has 0 aliphatic carbocycles. The maximum atomic E-state index is 10.8. The summed E-state index contributed by atoms with van der Waals surface area (Å²) in [5.74, 6) is 0.124. The Morgan fingerprint density at radius 3 is 2.65 bits per heavy atom. The monoisotopic (exact) mass is 238 g/mol. The van der Waals surface area contributed by atoms with E-state index in [-0.39, 0.29) is 0 Å². The molecule has 0 aromatic heterocycles. The van der Waals surface area contributed by atoms with Crippen LogP contribution in [-0.2, 0) is 11.2 Å². The Kier molecular flexibility index (Phi) is 4.82. The van der Waals surface area contributed by atoms with E-state index in [0.717, 1.165) is 5.56 Å². The van der Waals surface area contributed by atoms with E-state index in [2.05, 4.69) is 0 Å². The minimum Gasteiger partial charge on any atom is -0.493 e. The smallest absolute Gasteiger partial charge is 0.306 e. The number of carbonyl (C=O) groups is 1. The molecule has 17 heavy (non-hydrogen) atoms. The summed E-state index contributed by atoms with van der Waals surface area (Å²) in [6.07, 6.45) is 0.484. The average Bonchev–Trinajstić information content (AvgIpc) is 2.31. The predicted octanol–water partition coefficient (Wildman–Crippen LogP) is 2.36. The molecule has 0 saturated carbocycles. The van der Waals surface area contributed by atoms with Gasteiger partial charge in [-0.15, -0.1) is 0 Å². The van der Waals surface area contributed by atoms with Gasteiger partial charge in [0.05, 0.1) is 19.6 Å². The molecule has 1 rings (SSSR count). The van der Waals surface area contributed by atoms with Crippen molar-refractivity contribution in [3.8, 4) is 11.5 Å². The Labute approximate surface area is 101 Å². The Morgan fingerprint density at radius 1 is 1.41 bits per heavy atom. The second kappa shape index (κ2) is 6.13. The first-order chi connectivity index (χ1) is 8.08. The van der Waals surface area contributed by atoms with Crippen molar-refractivity contribution in [2.75, 3.05) is 13.7 Å². The van der Waals surface area contributed by atoms with Crippen molar-refractivity contribution in [2.45, 2.75) is 20.3 Å². The standard InChI is InChI=1S/C13H18O4/c1-4-17-11-6-5-10(8-12(11)16-3)7-9(2)13(14)15/h5-6,8-9H,4,7H2,1-3H3,(H,14,15). The van der Waals surface area contributed by atoms with Gasteiger partial charge in [0.1, 0.15) is 0 Å². The molecule has 1 N–H and O–H groups in total. The topological polar surface area (TPSA) is 55.8 Å². The molecule has 0 amide bonds. The molecule has 94 valence electrons. The van der Waals surface area contributed by atoms with Gasteiger partial charge in [-0.25, -0.2) is 0 Å². The van der Waals surface area contributed by atoms with Gasteiger partial charge in [-0.2, -0.15) is 0 Å². The van der Waals surface area contributed by atoms with Crippen molar-refractivity contribution in [3.63, 3.8) is 0 Å². The van der Waals surface area contributed by atoms with Crippen LogP contribution in [0, 0.1) is 5.92 Å². The molecule has 0 saturated heterocycles. The van der Waals surface area contributed by atoms with E-state index in [1.807, 2.05) is 25.1 Å². The molecule has 1 aromatic carbocycles. The molecule has 1 unspecified atom stereocenters. The number of rotatable bonds is 6. The number of benzene rings is 1. The first-order valence-electron chi connectivity index (χ1n) is 5.61. The second-order valence-electron chi connectivity index (χ2n) is 3.86. The molecule has 4 heteroatoms. The number of hydrogen-bond donors (Lipinski definition) is 1. The summed E-state index contributed by atoms with van der Waals surface area (Å²) in [7, 11) is 1.57. The van der Waals surface area contributed by atoms with Gasteiger partial charge < -0.3 is 14.6 Å². The van der Waals surface area contributed by atoms with E-state index in [1.165, 1.54) is 0 Å². The fraction of sp³-hybridized carbons (Fsp3) is 0.462. The van der Waals surface area contributed by atoms with Gasteiger partial charge in [-0.1, -0.05) is 13.0 Å². The average molecular weight is 238 g/mol. The van der Waals surface area contributed by atoms with Gasteiger partial charge in [-0.05, 0) is 31.0 Å². The predicted molar refractivity (Wildman–Crippen MR) is 64.7 cm³/mol. The lowest BCUT2D eigenvalue weighted by Crippen LogP contribution is -2.12. The summed E-state index contributed by atoms with van der Waals surface area (Å²) in [4.78, 5) is 10.8. The molecule has 0 heterocycles. The summed E-state index contributed by atoms with van der Waals surface area (Å²) in [6, 6.07) is 5.50. The van der Waals surface area contributed by atoms with Crippen LogP contribution in [0.25, 0.3) is 0 Å². The quantitative estimate of drug-likeness (QED) is 0.826. The summed E-state index contributed by atoms with van der Waals surface area (Å²) >= 11 is 0. The Morgan fingerprint density at radius 2 is 2.12 bits per heavy atom. The van der Waals surface area contributed by atoms with Crippen molar-refractivity contribution in [2.24, 2.45) is 5.92 Å². The largest absolute Gasteiger partial charge is 0.493 e. The fourth-order valence-electron chi connectivity index (χ4n) is 1.55. The highest BCUT2D eigenvalue weighted by Gasteiger charge is 2.13. The molecule has 1 atom stereocenters. The third-order valence-corrected chi connectivity index (χ3v) is 2.49. The van der Waals surface area contributed by atoms with Crippen molar-refractivity contribution in [1.29, 1.82) is 0 Å². The normalized spacial score (nSPS) is 11.9. The van der Waals surface area contributed by atoms with E-state index in [0.29, 0.717) is 24.5 Å². The van der Waals surface area contributed by atoms with Gasteiger partial charge in [0.25, 0.3) is 0 Å². The maximum absolute atomic E-state index is 10.8. The van der Waals surface area contributed by atoms with Crippen LogP contribution < -0.4 is 9.47 Å². The van der Waals surface area contributed by atoms with E-state index in [4.69, 9.17) is 14.6 Å². The highest BCUT2D eigenvalue weighted by molar-refractivity contribution is 5.70. The highest BCUT2D eigenvalue weighted by Crippen LogP contribution is 2.28. The van der Waals surface area contributed by atoms with Crippen LogP contribution in [0.15, 0.2) is 18.2 Å². The molecule has 0 radical (unpaired) electrons. The van der Waals surface area contributed by atoms with Crippen molar-refractivity contribution in [1.82, 2.24) is 0 Å². The van der Waals surface area contributed by atoms with Crippen LogP contribution in [0.4, 0.5) is 0 Å². The fourth-order valence-corrected chi connectivity index (χ4v) is 1.55. The third-order valence-electron chi connectivity index (χ3n) is 2.49. The third kappa shape index (κ3) is 3.66. The van der Waals surface area contributed by atoms with Gasteiger partial charge in [0.2, 0.25) is 0 Å². The van der Waals surface area contributed by atoms with Gasteiger partial charge >= 0.3 is 5.97 Å². The molecule has 1 aromatic rings. The van der Waals surface area contributed by atoms with Gasteiger partial charge in [0.15, 0.2) is 11.5 Å². The molecule has 0 spiro atoms. The Bertz CT molecular complexity index is 387. The van der Waals surface area contributed by atoms with E-state index >= 15 is 0 Å². The first-order valence-corrected chi connectivity index (χ1v) is 5.61. The zero-order chi connectivity index (χ0) is 12.8. The number of carboxylic acids is 1. The first kappa shape index (κ1) is 13.4. The van der Waals surface area contributed by atoms with Gasteiger partial charge in [0, 0.05) is 0 Å². The van der Waals surface area contributed by atoms with Crippen LogP contribution in [0.5, 0.6) is 11.5 Å². The van der Waals surface area contributed by atoms with Crippen LogP contribution in [-0.4, -0.2) is 24.8 Å². The van der Waals surface area contributed by atoms with E-state index in [1.54, 1.807) is 14.0 Å². The van der Waals surface area contributed by atoms with Crippen molar-refractivity contribution < 1.29 is 19.4 Å². The second-order valence-corrected chi connectivity index (χ2v) is 3.86. The molecular weight excluding hydrogens is 220 g/mol. The zero-order valence-corrected chi connectivity index (χ0v) is 10.4. The molecule has 0 aliphatic heterocycles. The number of aliphatic carboxylic acids is 1. The van der Waals surface area contributed by atoms with Crippen LogP contribution in [0.1, 0.15) is 19.4 Å². The van der Waals surface area contributed by atoms with Crippen LogP contribution >= 0.6 is 0 Å². The van der Waals surface area contributed by atoms with Crippen molar-refractivity contribution in [3.05, 3.63) is 23.8 Å². The Balaban J connectivity index is 2.85. The molecule has 0 bridgehead atoms. The summed E-state index contributed by atoms with van der Waals surface area (Å²) in [5.41, 5.74) is 0.931. The van der Waals surface area contributed by atoms with E-state index < -0.39 is 11.9 Å². The van der Waals surface area contributed by atoms with Crippen LogP contribution in [0.2, 0.25) is 0 Å². The Hall–Kier alpha value is -1.71. The number of ether oxygens (including phenoxy) is 2. The molecule has 0 aliphatic rings. The summed E-state index contributed by atoms with van der Waals surface area (Å²) in [6.45, 7) is 4.16. The minimum atomic E-state index is -0.794. The number of hydrogen-bond acceptors (Lipinski definition) is 3. The minimum absolute atomic E-state index is 0.405. The number of carboxylic acid groups (broad SMARTS) is 1. The lowest BCUT2D eigenvalue weighted by Gasteiger charge is -2.12. The van der Waals surface area contributed by atoms with Crippen LogP contribution in [0.3, 0.4) is 0 Å². The molecule has 0 fully saturated rings.